The number of anilines is 1. The van der Waals surface area contributed by atoms with E-state index in [1.54, 1.807) is 19.2 Å². The predicted molar refractivity (Wildman–Crippen MR) is 126 cm³/mol. The summed E-state index contributed by atoms with van der Waals surface area (Å²) in [4.78, 5) is 26.5. The van der Waals surface area contributed by atoms with E-state index in [-0.39, 0.29) is 18.0 Å². The Hall–Kier alpha value is -2.86. The van der Waals surface area contributed by atoms with Crippen LogP contribution in [0.5, 0.6) is 0 Å². The number of piperidine rings is 1. The van der Waals surface area contributed by atoms with E-state index in [9.17, 15) is 9.59 Å². The number of carbonyl (C=O) groups is 2. The van der Waals surface area contributed by atoms with E-state index in [2.05, 4.69) is 27.8 Å². The number of nitrogens with one attached hydrogen (secondary N) is 3. The Kier molecular flexibility index (Phi) is 8.47. The molecule has 166 valence electrons. The highest BCUT2D eigenvalue weighted by Gasteiger charge is 2.12. The highest BCUT2D eigenvalue weighted by Crippen LogP contribution is 2.22. The van der Waals surface area contributed by atoms with Crippen LogP contribution in [0.4, 0.5) is 10.5 Å². The topological polar surface area (TPSA) is 73.5 Å². The highest BCUT2D eigenvalue weighted by molar-refractivity contribution is 5.94. The zero-order chi connectivity index (χ0) is 22.1. The summed E-state index contributed by atoms with van der Waals surface area (Å²) in [5.41, 5.74) is 3.43. The molecule has 0 aliphatic carbocycles. The van der Waals surface area contributed by atoms with Crippen molar-refractivity contribution < 1.29 is 9.59 Å². The lowest BCUT2D eigenvalue weighted by Crippen LogP contribution is -2.37. The highest BCUT2D eigenvalue weighted by atomic mass is 16.2. The zero-order valence-corrected chi connectivity index (χ0v) is 18.6. The van der Waals surface area contributed by atoms with Crippen molar-refractivity contribution in [2.24, 2.45) is 0 Å². The normalized spacial score (nSPS) is 15.2. The van der Waals surface area contributed by atoms with Crippen LogP contribution < -0.4 is 16.0 Å². The molecule has 1 unspecified atom stereocenters. The second-order valence-electron chi connectivity index (χ2n) is 8.28. The molecule has 1 heterocycles. The van der Waals surface area contributed by atoms with E-state index in [1.165, 1.54) is 32.4 Å². The van der Waals surface area contributed by atoms with Crippen LogP contribution in [-0.2, 0) is 0 Å². The lowest BCUT2D eigenvalue weighted by Gasteiger charge is -2.26. The monoisotopic (exact) mass is 422 g/mol. The number of hydrogen-bond donors (Lipinski definition) is 3. The molecule has 31 heavy (non-hydrogen) atoms. The molecule has 6 heteroatoms. The third kappa shape index (κ3) is 7.10. The Labute approximate surface area is 185 Å². The van der Waals surface area contributed by atoms with E-state index in [1.807, 2.05) is 36.4 Å². The van der Waals surface area contributed by atoms with Crippen LogP contribution in [0, 0.1) is 0 Å². The van der Waals surface area contributed by atoms with Gasteiger partial charge in [-0.15, -0.1) is 0 Å². The van der Waals surface area contributed by atoms with Gasteiger partial charge < -0.3 is 20.9 Å². The molecule has 0 saturated carbocycles. The predicted octanol–water partition coefficient (Wildman–Crippen LogP) is 4.49. The minimum atomic E-state index is -0.173. The summed E-state index contributed by atoms with van der Waals surface area (Å²) >= 11 is 0. The Morgan fingerprint density at radius 1 is 0.935 bits per heavy atom. The minimum absolute atomic E-state index is 0.0992. The summed E-state index contributed by atoms with van der Waals surface area (Å²) < 4.78 is 0. The van der Waals surface area contributed by atoms with Gasteiger partial charge in [0, 0.05) is 24.3 Å². The maximum atomic E-state index is 12.3. The fourth-order valence-corrected chi connectivity index (χ4v) is 3.97. The quantitative estimate of drug-likeness (QED) is 0.587. The van der Waals surface area contributed by atoms with E-state index < -0.39 is 0 Å². The van der Waals surface area contributed by atoms with Crippen LogP contribution in [0.2, 0.25) is 0 Å². The number of rotatable bonds is 8. The first-order chi connectivity index (χ1) is 15.0. The Morgan fingerprint density at radius 2 is 1.55 bits per heavy atom. The second-order valence-corrected chi connectivity index (χ2v) is 8.28. The van der Waals surface area contributed by atoms with Crippen molar-refractivity contribution in [3.63, 3.8) is 0 Å². The van der Waals surface area contributed by atoms with Crippen LogP contribution in [0.15, 0.2) is 48.5 Å². The molecular formula is C25H34N4O2. The molecule has 3 amide bonds. The molecule has 0 bridgehead atoms. The summed E-state index contributed by atoms with van der Waals surface area (Å²) in [5.74, 6) is -0.0992. The van der Waals surface area contributed by atoms with Crippen LogP contribution in [0.1, 0.15) is 49.4 Å². The van der Waals surface area contributed by atoms with E-state index in [0.717, 1.165) is 36.2 Å². The van der Waals surface area contributed by atoms with Gasteiger partial charge in [0.15, 0.2) is 0 Å². The van der Waals surface area contributed by atoms with Crippen LogP contribution in [0.25, 0.3) is 11.1 Å². The molecule has 2 aromatic carbocycles. The van der Waals surface area contributed by atoms with Gasteiger partial charge in [-0.2, -0.15) is 0 Å². The van der Waals surface area contributed by atoms with Gasteiger partial charge in [-0.05, 0) is 87.6 Å². The Morgan fingerprint density at radius 3 is 2.16 bits per heavy atom. The Bertz CT molecular complexity index is 843. The largest absolute Gasteiger partial charge is 0.355 e. The van der Waals surface area contributed by atoms with Crippen molar-refractivity contribution >= 4 is 17.6 Å². The van der Waals surface area contributed by atoms with Crippen molar-refractivity contribution in [1.82, 2.24) is 15.5 Å². The Balaban J connectivity index is 1.43. The lowest BCUT2D eigenvalue weighted by atomic mass is 10.0. The zero-order valence-electron chi connectivity index (χ0n) is 18.6. The second kappa shape index (κ2) is 11.5. The summed E-state index contributed by atoms with van der Waals surface area (Å²) in [6.07, 6.45) is 6.08. The average molecular weight is 423 g/mol. The van der Waals surface area contributed by atoms with Gasteiger partial charge in [0.2, 0.25) is 0 Å². The number of hydrogen-bond acceptors (Lipinski definition) is 3. The molecule has 3 N–H and O–H groups in total. The number of benzene rings is 2. The van der Waals surface area contributed by atoms with Crippen molar-refractivity contribution in [3.05, 3.63) is 54.1 Å². The number of carbonyl (C=O) groups excluding carboxylic acids is 2. The third-order valence-corrected chi connectivity index (χ3v) is 5.79. The first-order valence-corrected chi connectivity index (χ1v) is 11.3. The van der Waals surface area contributed by atoms with Gasteiger partial charge in [0.1, 0.15) is 0 Å². The standard InChI is InChI=1S/C25H34N4O2/c1-19(7-6-18-29-16-4-3-5-17-29)27-25(31)28-23-14-12-21(13-15-23)20-8-10-22(11-9-20)24(30)26-2/h8-15,19H,3-7,16-18H2,1-2H3,(H,26,30)(H2,27,28,31). The minimum Gasteiger partial charge on any atom is -0.355 e. The lowest BCUT2D eigenvalue weighted by molar-refractivity contribution is 0.0963. The maximum Gasteiger partial charge on any atom is 0.319 e. The maximum absolute atomic E-state index is 12.3. The molecular weight excluding hydrogens is 388 g/mol. The molecule has 0 radical (unpaired) electrons. The molecule has 0 spiro atoms. The van der Waals surface area contributed by atoms with Gasteiger partial charge in [0.25, 0.3) is 5.91 Å². The fraction of sp³-hybridized carbons (Fsp3) is 0.440. The number of nitrogens with zero attached hydrogens (tertiary/aromatic N) is 1. The molecule has 1 aliphatic heterocycles. The summed E-state index contributed by atoms with van der Waals surface area (Å²) in [7, 11) is 1.62. The van der Waals surface area contributed by atoms with Crippen molar-refractivity contribution in [3.8, 4) is 11.1 Å². The number of urea groups is 1. The van der Waals surface area contributed by atoms with E-state index >= 15 is 0 Å². The van der Waals surface area contributed by atoms with Gasteiger partial charge in [-0.25, -0.2) is 4.79 Å². The van der Waals surface area contributed by atoms with E-state index in [0.29, 0.717) is 5.56 Å². The van der Waals surface area contributed by atoms with Crippen LogP contribution in [0.3, 0.4) is 0 Å². The molecule has 2 aromatic rings. The van der Waals surface area contributed by atoms with Crippen LogP contribution in [-0.4, -0.2) is 49.6 Å². The van der Waals surface area contributed by atoms with Crippen LogP contribution >= 0.6 is 0 Å². The molecule has 6 nitrogen and oxygen atoms in total. The molecule has 1 atom stereocenters. The molecule has 1 aliphatic rings. The average Bonchev–Trinajstić information content (AvgIpc) is 2.80. The SMILES string of the molecule is CNC(=O)c1ccc(-c2ccc(NC(=O)NC(C)CCCN3CCCCC3)cc2)cc1. The molecule has 0 aromatic heterocycles. The summed E-state index contributed by atoms with van der Waals surface area (Å²) in [5, 5.41) is 8.56. The van der Waals surface area contributed by atoms with E-state index in [4.69, 9.17) is 0 Å². The van der Waals surface area contributed by atoms with Gasteiger partial charge in [-0.1, -0.05) is 30.7 Å². The molecule has 1 saturated heterocycles. The van der Waals surface area contributed by atoms with Crippen molar-refractivity contribution in [2.45, 2.75) is 45.1 Å². The number of likely N-dealkylation sites (tertiary alicyclic amines) is 1. The molecule has 1 fully saturated rings. The summed E-state index contributed by atoms with van der Waals surface area (Å²) in [6.45, 7) is 5.62. The number of amides is 3. The third-order valence-electron chi connectivity index (χ3n) is 5.79. The van der Waals surface area contributed by atoms with Gasteiger partial charge >= 0.3 is 6.03 Å². The fourth-order valence-electron chi connectivity index (χ4n) is 3.97. The smallest absolute Gasteiger partial charge is 0.319 e. The van der Waals surface area contributed by atoms with Gasteiger partial charge in [-0.3, -0.25) is 4.79 Å². The molecule has 3 rings (SSSR count). The van der Waals surface area contributed by atoms with Crippen molar-refractivity contribution in [2.75, 3.05) is 32.0 Å². The first-order valence-electron chi connectivity index (χ1n) is 11.3. The van der Waals surface area contributed by atoms with Gasteiger partial charge in [0.05, 0.1) is 0 Å². The van der Waals surface area contributed by atoms with Crippen molar-refractivity contribution in [1.29, 1.82) is 0 Å². The first kappa shape index (κ1) is 22.8. The summed E-state index contributed by atoms with van der Waals surface area (Å²) in [6, 6.07) is 15.1.